The lowest BCUT2D eigenvalue weighted by molar-refractivity contribution is -0.169. The summed E-state index contributed by atoms with van der Waals surface area (Å²) < 4.78 is 12.4. The molecule has 5 nitrogen and oxygen atoms in total. The maximum absolute atomic E-state index is 12.0. The first-order valence-electron chi connectivity index (χ1n) is 11.8. The van der Waals surface area contributed by atoms with Crippen LogP contribution < -0.4 is 0 Å². The first-order chi connectivity index (χ1) is 13.9. The first-order valence-corrected chi connectivity index (χ1v) is 11.8. The third-order valence-electron chi connectivity index (χ3n) is 7.33. The Labute approximate surface area is 176 Å². The number of hydrogen-bond acceptors (Lipinski definition) is 4. The first kappa shape index (κ1) is 22.8. The molecule has 3 rings (SSSR count). The van der Waals surface area contributed by atoms with Crippen molar-refractivity contribution in [2.75, 3.05) is 13.7 Å². The zero-order chi connectivity index (χ0) is 20.9. The fourth-order valence-electron chi connectivity index (χ4n) is 5.56. The van der Waals surface area contributed by atoms with Gasteiger partial charge in [-0.05, 0) is 63.2 Å². The molecule has 2 saturated heterocycles. The summed E-state index contributed by atoms with van der Waals surface area (Å²) in [4.78, 5) is 12.0. The highest BCUT2D eigenvalue weighted by molar-refractivity contribution is 5.80. The van der Waals surface area contributed by atoms with Gasteiger partial charge in [-0.25, -0.2) is 5.06 Å². The highest BCUT2D eigenvalue weighted by Gasteiger charge is 2.47. The molecule has 1 amide bonds. The number of rotatable bonds is 10. The molecule has 166 valence electrons. The molecular weight excluding hydrogens is 366 g/mol. The van der Waals surface area contributed by atoms with Crippen LogP contribution >= 0.6 is 0 Å². The van der Waals surface area contributed by atoms with E-state index < -0.39 is 5.41 Å². The van der Waals surface area contributed by atoms with Crippen LogP contribution in [0.15, 0.2) is 12.2 Å². The minimum atomic E-state index is -0.539. The molecule has 1 N–H and O–H groups in total. The van der Waals surface area contributed by atoms with Crippen molar-refractivity contribution in [1.82, 2.24) is 5.06 Å². The van der Waals surface area contributed by atoms with Crippen molar-refractivity contribution >= 4 is 5.91 Å². The topological polar surface area (TPSA) is 59.0 Å². The van der Waals surface area contributed by atoms with Crippen LogP contribution in [0.3, 0.4) is 0 Å². The van der Waals surface area contributed by atoms with Crippen LogP contribution in [0.1, 0.15) is 84.5 Å². The van der Waals surface area contributed by atoms with Crippen LogP contribution in [0, 0.1) is 17.3 Å². The van der Waals surface area contributed by atoms with Gasteiger partial charge in [-0.2, -0.15) is 0 Å². The Morgan fingerprint density at radius 2 is 1.79 bits per heavy atom. The van der Waals surface area contributed by atoms with Crippen LogP contribution in [0.25, 0.3) is 0 Å². The summed E-state index contributed by atoms with van der Waals surface area (Å²) in [6.07, 6.45) is 18.5. The number of nitrogens with zero attached hydrogens (tertiary/aromatic N) is 1. The van der Waals surface area contributed by atoms with Gasteiger partial charge in [0.1, 0.15) is 0 Å². The van der Waals surface area contributed by atoms with E-state index in [1.807, 2.05) is 13.8 Å². The molecule has 29 heavy (non-hydrogen) atoms. The van der Waals surface area contributed by atoms with Crippen LogP contribution in [-0.4, -0.2) is 48.1 Å². The van der Waals surface area contributed by atoms with Gasteiger partial charge in [0.15, 0.2) is 0 Å². The highest BCUT2D eigenvalue weighted by atomic mass is 16.5. The minimum Gasteiger partial charge on any atom is -0.378 e. The van der Waals surface area contributed by atoms with Gasteiger partial charge in [0, 0.05) is 19.1 Å². The Morgan fingerprint density at radius 1 is 1.10 bits per heavy atom. The van der Waals surface area contributed by atoms with Crippen molar-refractivity contribution in [3.8, 4) is 0 Å². The number of hydrogen-bond donors (Lipinski definition) is 1. The van der Waals surface area contributed by atoms with Crippen molar-refractivity contribution < 1.29 is 19.5 Å². The molecule has 3 fully saturated rings. The quantitative estimate of drug-likeness (QED) is 0.310. The van der Waals surface area contributed by atoms with Crippen molar-refractivity contribution in [2.24, 2.45) is 17.3 Å². The van der Waals surface area contributed by atoms with E-state index in [1.54, 1.807) is 0 Å². The molecule has 0 aromatic carbocycles. The number of carbonyl (C=O) groups excluding carboxylic acids is 1. The Balaban J connectivity index is 1.41. The lowest BCUT2D eigenvalue weighted by Gasteiger charge is -2.28. The average molecular weight is 408 g/mol. The molecule has 0 unspecified atom stereocenters. The van der Waals surface area contributed by atoms with Crippen molar-refractivity contribution in [2.45, 2.75) is 103 Å². The molecule has 2 heterocycles. The molecule has 1 saturated carbocycles. The molecule has 0 spiro atoms. The van der Waals surface area contributed by atoms with Crippen molar-refractivity contribution in [3.05, 3.63) is 12.2 Å². The zero-order valence-electron chi connectivity index (χ0n) is 18.6. The van der Waals surface area contributed by atoms with Gasteiger partial charge in [0.2, 0.25) is 0 Å². The smallest absolute Gasteiger partial charge is 0.251 e. The van der Waals surface area contributed by atoms with E-state index in [1.165, 1.54) is 52.0 Å². The number of ether oxygens (including phenoxy) is 2. The Kier molecular flexibility index (Phi) is 8.17. The minimum absolute atomic E-state index is 0.231. The molecule has 4 atom stereocenters. The van der Waals surface area contributed by atoms with E-state index in [0.29, 0.717) is 35.2 Å². The van der Waals surface area contributed by atoms with Gasteiger partial charge in [-0.3, -0.25) is 10.0 Å². The number of fused-ring (bicyclic) bond motifs is 2. The molecule has 2 bridgehead atoms. The maximum atomic E-state index is 12.0. The molecule has 1 aliphatic carbocycles. The second kappa shape index (κ2) is 10.4. The predicted molar refractivity (Wildman–Crippen MR) is 114 cm³/mol. The summed E-state index contributed by atoms with van der Waals surface area (Å²) in [6, 6.07) is 0. The Morgan fingerprint density at radius 3 is 2.48 bits per heavy atom. The predicted octanol–water partition coefficient (Wildman–Crippen LogP) is 5.12. The van der Waals surface area contributed by atoms with E-state index >= 15 is 0 Å². The van der Waals surface area contributed by atoms with E-state index in [9.17, 15) is 10.0 Å². The fourth-order valence-corrected chi connectivity index (χ4v) is 5.56. The summed E-state index contributed by atoms with van der Waals surface area (Å²) in [5, 5.41) is 10.1. The largest absolute Gasteiger partial charge is 0.378 e. The van der Waals surface area contributed by atoms with Gasteiger partial charge in [-0.1, -0.05) is 45.3 Å². The lowest BCUT2D eigenvalue weighted by Crippen LogP contribution is -2.36. The Bertz CT molecular complexity index is 553. The molecule has 0 aromatic rings. The molecule has 2 aliphatic heterocycles. The van der Waals surface area contributed by atoms with E-state index in [-0.39, 0.29) is 5.91 Å². The summed E-state index contributed by atoms with van der Waals surface area (Å²) in [6.45, 7) is 4.66. The molecule has 3 aliphatic rings. The van der Waals surface area contributed by atoms with Gasteiger partial charge < -0.3 is 9.47 Å². The third-order valence-corrected chi connectivity index (χ3v) is 7.33. The van der Waals surface area contributed by atoms with Gasteiger partial charge in [0.05, 0.1) is 18.3 Å². The third kappa shape index (κ3) is 6.05. The van der Waals surface area contributed by atoms with Crippen LogP contribution in [-0.2, 0) is 14.3 Å². The van der Waals surface area contributed by atoms with Crippen LogP contribution in [0.2, 0.25) is 0 Å². The number of hydroxylamine groups is 2. The fraction of sp³-hybridized carbons (Fsp3) is 0.875. The molecule has 5 heteroatoms. The van der Waals surface area contributed by atoms with Gasteiger partial charge in [-0.15, -0.1) is 0 Å². The summed E-state index contributed by atoms with van der Waals surface area (Å²) in [5.41, 5.74) is -0.539. The average Bonchev–Trinajstić information content (AvgIpc) is 3.30. The second-order valence-corrected chi connectivity index (χ2v) is 10.00. The molecule has 0 radical (unpaired) electrons. The summed E-state index contributed by atoms with van der Waals surface area (Å²) in [5.74, 6) is 1.01. The number of allylic oxidation sites excluding steroid dienone is 2. The lowest BCUT2D eigenvalue weighted by atomic mass is 9.76. The Hall–Kier alpha value is -0.910. The van der Waals surface area contributed by atoms with Crippen LogP contribution in [0.5, 0.6) is 0 Å². The second-order valence-electron chi connectivity index (χ2n) is 10.00. The number of carbonyl (C=O) groups is 1. The standard InChI is InChI=1S/C24H41NO4/c1-24(2,23(26)25(3)27)16-9-5-8-12-19-20(22-14-13-21(19)29-22)15-17-28-18-10-6-4-7-11-18/h5,8,18-22,27H,4,6-7,9-17H2,1-3H3/b8-5-/t19-,20+,21-,22+/m1/s1. The maximum Gasteiger partial charge on any atom is 0.251 e. The summed E-state index contributed by atoms with van der Waals surface area (Å²) in [7, 11) is 1.40. The summed E-state index contributed by atoms with van der Waals surface area (Å²) >= 11 is 0. The van der Waals surface area contributed by atoms with Gasteiger partial charge in [0.25, 0.3) is 5.91 Å². The monoisotopic (exact) mass is 407 g/mol. The van der Waals surface area contributed by atoms with E-state index in [4.69, 9.17) is 9.47 Å². The molecule has 0 aromatic heterocycles. The normalized spacial score (nSPS) is 30.3. The van der Waals surface area contributed by atoms with Gasteiger partial charge >= 0.3 is 0 Å². The van der Waals surface area contributed by atoms with E-state index in [2.05, 4.69) is 12.2 Å². The van der Waals surface area contributed by atoms with Crippen LogP contribution in [0.4, 0.5) is 0 Å². The van der Waals surface area contributed by atoms with E-state index in [0.717, 1.165) is 32.3 Å². The van der Waals surface area contributed by atoms with Crippen molar-refractivity contribution in [3.63, 3.8) is 0 Å². The highest BCUT2D eigenvalue weighted by Crippen LogP contribution is 2.46. The SMILES string of the molecule is CN(O)C(=O)C(C)(C)CC/C=C\C[C@@H]1[C@H](CCOC2CCCCC2)[C@@H]2CC[C@H]1O2. The number of amides is 1. The van der Waals surface area contributed by atoms with Crippen molar-refractivity contribution in [1.29, 1.82) is 0 Å². The zero-order valence-corrected chi connectivity index (χ0v) is 18.6. The molecular formula is C24H41NO4.